The lowest BCUT2D eigenvalue weighted by molar-refractivity contribution is 0.0959. The number of H-pyrrole nitrogens is 1. The summed E-state index contributed by atoms with van der Waals surface area (Å²) >= 11 is 6.19. The standard InChI is InChI=1S/C19H16ClN5O/c1-11-5-6-12(20)8-13(11)14-9-15(24-17(14)19(26)21-2)18-16-4-3-7-25(16)23-10-22-18/h3-10,24H,1-2H3,(H,21,26). The molecule has 1 amide bonds. The number of hydrogen-bond acceptors (Lipinski definition) is 3. The molecular formula is C19H16ClN5O. The van der Waals surface area contributed by atoms with Gasteiger partial charge in [-0.05, 0) is 48.4 Å². The SMILES string of the molecule is CNC(=O)c1[nH]c(-c2ncnn3cccc23)cc1-c1cc(Cl)ccc1C. The van der Waals surface area contributed by atoms with Crippen LogP contribution in [0.4, 0.5) is 0 Å². The third kappa shape index (κ3) is 2.64. The first kappa shape index (κ1) is 16.4. The van der Waals surface area contributed by atoms with Gasteiger partial charge in [-0.2, -0.15) is 5.10 Å². The quantitative estimate of drug-likeness (QED) is 0.581. The highest BCUT2D eigenvalue weighted by atomic mass is 35.5. The van der Waals surface area contributed by atoms with Crippen molar-refractivity contribution in [2.45, 2.75) is 6.92 Å². The smallest absolute Gasteiger partial charge is 0.268 e. The van der Waals surface area contributed by atoms with Crippen LogP contribution in [-0.2, 0) is 0 Å². The third-order valence-electron chi connectivity index (χ3n) is 4.35. The summed E-state index contributed by atoms with van der Waals surface area (Å²) in [6.07, 6.45) is 3.35. The number of aromatic amines is 1. The average molecular weight is 366 g/mol. The molecule has 0 aliphatic carbocycles. The van der Waals surface area contributed by atoms with E-state index in [0.29, 0.717) is 10.7 Å². The molecule has 0 aliphatic heterocycles. The largest absolute Gasteiger partial charge is 0.354 e. The fourth-order valence-corrected chi connectivity index (χ4v) is 3.23. The van der Waals surface area contributed by atoms with Gasteiger partial charge in [0.15, 0.2) is 0 Å². The first-order chi connectivity index (χ1) is 12.6. The Hall–Kier alpha value is -3.12. The molecule has 2 N–H and O–H groups in total. The van der Waals surface area contributed by atoms with Crippen LogP contribution in [0.2, 0.25) is 5.02 Å². The summed E-state index contributed by atoms with van der Waals surface area (Å²) in [6, 6.07) is 11.4. The number of aromatic nitrogens is 4. The van der Waals surface area contributed by atoms with E-state index in [1.54, 1.807) is 11.6 Å². The van der Waals surface area contributed by atoms with Crippen LogP contribution in [0.3, 0.4) is 0 Å². The highest BCUT2D eigenvalue weighted by Gasteiger charge is 2.20. The van der Waals surface area contributed by atoms with Crippen molar-refractivity contribution >= 4 is 23.0 Å². The fraction of sp³-hybridized carbons (Fsp3) is 0.105. The molecule has 6 nitrogen and oxygen atoms in total. The van der Waals surface area contributed by atoms with E-state index in [0.717, 1.165) is 33.6 Å². The van der Waals surface area contributed by atoms with Crippen molar-refractivity contribution in [1.29, 1.82) is 0 Å². The van der Waals surface area contributed by atoms with E-state index in [-0.39, 0.29) is 5.91 Å². The maximum Gasteiger partial charge on any atom is 0.268 e. The normalized spacial score (nSPS) is 11.0. The summed E-state index contributed by atoms with van der Waals surface area (Å²) in [5.74, 6) is -0.203. The summed E-state index contributed by atoms with van der Waals surface area (Å²) in [5.41, 5.74) is 5.50. The molecule has 130 valence electrons. The Balaban J connectivity index is 1.96. The van der Waals surface area contributed by atoms with Crippen molar-refractivity contribution in [3.63, 3.8) is 0 Å². The molecular weight excluding hydrogens is 350 g/mol. The molecule has 7 heteroatoms. The van der Waals surface area contributed by atoms with Gasteiger partial charge in [0.25, 0.3) is 5.91 Å². The van der Waals surface area contributed by atoms with Crippen molar-refractivity contribution in [2.24, 2.45) is 0 Å². The number of amides is 1. The zero-order valence-corrected chi connectivity index (χ0v) is 15.0. The van der Waals surface area contributed by atoms with Crippen LogP contribution >= 0.6 is 11.6 Å². The van der Waals surface area contributed by atoms with E-state index in [1.165, 1.54) is 6.33 Å². The maximum atomic E-state index is 12.4. The molecule has 1 aromatic carbocycles. The second kappa shape index (κ2) is 6.31. The van der Waals surface area contributed by atoms with Crippen LogP contribution in [0.5, 0.6) is 0 Å². The van der Waals surface area contributed by atoms with Gasteiger partial charge in [-0.15, -0.1) is 0 Å². The van der Waals surface area contributed by atoms with Crippen molar-refractivity contribution in [3.05, 3.63) is 65.2 Å². The van der Waals surface area contributed by atoms with Gasteiger partial charge in [-0.1, -0.05) is 17.7 Å². The molecule has 4 rings (SSSR count). The molecule has 0 atom stereocenters. The Morgan fingerprint density at radius 2 is 2.08 bits per heavy atom. The zero-order chi connectivity index (χ0) is 18.3. The van der Waals surface area contributed by atoms with Crippen LogP contribution in [0.25, 0.3) is 28.0 Å². The Kier molecular flexibility index (Phi) is 3.97. The number of rotatable bonds is 3. The molecule has 3 heterocycles. The topological polar surface area (TPSA) is 75.1 Å². The third-order valence-corrected chi connectivity index (χ3v) is 4.59. The second-order valence-corrected chi connectivity index (χ2v) is 6.39. The van der Waals surface area contributed by atoms with Crippen molar-refractivity contribution < 1.29 is 4.79 Å². The summed E-state index contributed by atoms with van der Waals surface area (Å²) in [6.45, 7) is 1.99. The Morgan fingerprint density at radius 3 is 2.88 bits per heavy atom. The van der Waals surface area contributed by atoms with Gasteiger partial charge in [0.05, 0.1) is 11.2 Å². The van der Waals surface area contributed by atoms with Gasteiger partial charge in [0, 0.05) is 23.8 Å². The Bertz CT molecular complexity index is 1130. The first-order valence-electron chi connectivity index (χ1n) is 8.09. The lowest BCUT2D eigenvalue weighted by Crippen LogP contribution is -2.19. The van der Waals surface area contributed by atoms with Crippen LogP contribution in [0.1, 0.15) is 16.1 Å². The van der Waals surface area contributed by atoms with Gasteiger partial charge in [-0.25, -0.2) is 9.50 Å². The van der Waals surface area contributed by atoms with Crippen LogP contribution in [-0.4, -0.2) is 32.5 Å². The highest BCUT2D eigenvalue weighted by Crippen LogP contribution is 2.33. The zero-order valence-electron chi connectivity index (χ0n) is 14.2. The number of carbonyl (C=O) groups is 1. The number of fused-ring (bicyclic) bond motifs is 1. The van der Waals surface area contributed by atoms with Gasteiger partial charge in [-0.3, -0.25) is 4.79 Å². The molecule has 0 saturated heterocycles. The number of hydrogen-bond donors (Lipinski definition) is 2. The summed E-state index contributed by atoms with van der Waals surface area (Å²) in [5, 5.41) is 7.49. The average Bonchev–Trinajstić information content (AvgIpc) is 3.29. The molecule has 0 spiro atoms. The number of aryl methyl sites for hydroxylation is 1. The van der Waals surface area contributed by atoms with Gasteiger partial charge in [0.2, 0.25) is 0 Å². The molecule has 0 saturated carbocycles. The lowest BCUT2D eigenvalue weighted by Gasteiger charge is -2.07. The minimum atomic E-state index is -0.203. The molecule has 0 unspecified atom stereocenters. The summed E-state index contributed by atoms with van der Waals surface area (Å²) in [7, 11) is 1.60. The molecule has 4 aromatic rings. The first-order valence-corrected chi connectivity index (χ1v) is 8.46. The Labute approximate surface area is 154 Å². The van der Waals surface area contributed by atoms with E-state index >= 15 is 0 Å². The minimum Gasteiger partial charge on any atom is -0.354 e. The van der Waals surface area contributed by atoms with E-state index in [4.69, 9.17) is 11.6 Å². The van der Waals surface area contributed by atoms with Gasteiger partial charge < -0.3 is 10.3 Å². The number of carbonyl (C=O) groups excluding carboxylic acids is 1. The Morgan fingerprint density at radius 1 is 1.23 bits per heavy atom. The van der Waals surface area contributed by atoms with E-state index in [1.807, 2.05) is 49.5 Å². The monoisotopic (exact) mass is 365 g/mol. The molecule has 26 heavy (non-hydrogen) atoms. The molecule has 0 aliphatic rings. The van der Waals surface area contributed by atoms with Crippen molar-refractivity contribution in [2.75, 3.05) is 7.05 Å². The van der Waals surface area contributed by atoms with Gasteiger partial charge >= 0.3 is 0 Å². The second-order valence-electron chi connectivity index (χ2n) is 5.96. The predicted octanol–water partition coefficient (Wildman–Crippen LogP) is 3.71. The minimum absolute atomic E-state index is 0.203. The van der Waals surface area contributed by atoms with E-state index < -0.39 is 0 Å². The van der Waals surface area contributed by atoms with E-state index in [2.05, 4.69) is 20.4 Å². The van der Waals surface area contributed by atoms with Crippen LogP contribution in [0.15, 0.2) is 48.9 Å². The fourth-order valence-electron chi connectivity index (χ4n) is 3.06. The van der Waals surface area contributed by atoms with E-state index in [9.17, 15) is 4.79 Å². The molecule has 0 fully saturated rings. The van der Waals surface area contributed by atoms with Crippen LogP contribution < -0.4 is 5.32 Å². The molecule has 0 bridgehead atoms. The highest BCUT2D eigenvalue weighted by molar-refractivity contribution is 6.31. The molecule has 0 radical (unpaired) electrons. The number of nitrogens with zero attached hydrogens (tertiary/aromatic N) is 3. The van der Waals surface area contributed by atoms with Crippen LogP contribution in [0, 0.1) is 6.92 Å². The van der Waals surface area contributed by atoms with Gasteiger partial charge in [0.1, 0.15) is 17.7 Å². The maximum absolute atomic E-state index is 12.4. The number of halogens is 1. The van der Waals surface area contributed by atoms with Crippen molar-refractivity contribution in [1.82, 2.24) is 24.9 Å². The predicted molar refractivity (Wildman–Crippen MR) is 101 cm³/mol. The number of nitrogens with one attached hydrogen (secondary N) is 2. The summed E-state index contributed by atoms with van der Waals surface area (Å²) < 4.78 is 1.74. The molecule has 3 aromatic heterocycles. The lowest BCUT2D eigenvalue weighted by atomic mass is 10.00. The number of benzene rings is 1. The summed E-state index contributed by atoms with van der Waals surface area (Å²) in [4.78, 5) is 20.1. The van der Waals surface area contributed by atoms with Crippen molar-refractivity contribution in [3.8, 4) is 22.5 Å².